The van der Waals surface area contributed by atoms with Crippen molar-refractivity contribution < 1.29 is 37.9 Å². The lowest BCUT2D eigenvalue weighted by Gasteiger charge is -2.15. The molecule has 0 aliphatic carbocycles. The quantitative estimate of drug-likeness (QED) is 0.0238. The predicted octanol–water partition coefficient (Wildman–Crippen LogP) is 15.1. The average Bonchev–Trinajstić information content (AvgIpc) is 3.25. The summed E-state index contributed by atoms with van der Waals surface area (Å²) in [6.45, 7) is 3.57. The van der Waals surface area contributed by atoms with E-state index < -0.39 is 26.5 Å². The molecule has 10 heteroatoms. The van der Waals surface area contributed by atoms with Gasteiger partial charge in [0, 0.05) is 19.4 Å². The highest BCUT2D eigenvalue weighted by Crippen LogP contribution is 2.42. The Balaban J connectivity index is 3.52. The van der Waals surface area contributed by atoms with E-state index in [2.05, 4.69) is 43.5 Å². The maximum atomic E-state index is 12.1. The van der Waals surface area contributed by atoms with E-state index in [0.717, 1.165) is 64.2 Å². The van der Waals surface area contributed by atoms with Crippen molar-refractivity contribution in [1.82, 2.24) is 5.32 Å². The Bertz CT molecular complexity index is 1050. The summed E-state index contributed by atoms with van der Waals surface area (Å²) in [5, 5.41) is 12.7. The predicted molar refractivity (Wildman–Crippen MR) is 257 cm³/mol. The second kappa shape index (κ2) is 48.0. The van der Waals surface area contributed by atoms with Crippen molar-refractivity contribution in [3.63, 3.8) is 0 Å². The number of hydrogen-bond donors (Lipinski definition) is 3. The minimum Gasteiger partial charge on any atom is -0.463 e. The molecular formula is C51H98NO8P. The van der Waals surface area contributed by atoms with Crippen molar-refractivity contribution in [2.24, 2.45) is 0 Å². The van der Waals surface area contributed by atoms with Crippen molar-refractivity contribution in [3.8, 4) is 0 Å². The Labute approximate surface area is 376 Å². The summed E-state index contributed by atoms with van der Waals surface area (Å²) in [5.74, 6) is -0.519. The second-order valence-electron chi connectivity index (χ2n) is 17.5. The molecule has 9 nitrogen and oxygen atoms in total. The number of rotatable bonds is 49. The Hall–Kier alpha value is -1.51. The molecule has 0 aromatic carbocycles. The van der Waals surface area contributed by atoms with Crippen molar-refractivity contribution in [2.75, 3.05) is 26.4 Å². The molecule has 0 spiro atoms. The number of aliphatic hydroxyl groups excluding tert-OH is 1. The lowest BCUT2D eigenvalue weighted by molar-refractivity contribution is -0.147. The number of ether oxygens (including phenoxy) is 1. The van der Waals surface area contributed by atoms with Gasteiger partial charge < -0.3 is 20.1 Å². The molecule has 3 N–H and O–H groups in total. The monoisotopic (exact) mass is 884 g/mol. The molecule has 0 saturated carbocycles. The first-order valence-electron chi connectivity index (χ1n) is 25.8. The second-order valence-corrected chi connectivity index (χ2v) is 19.0. The molecular weight excluding hydrogens is 786 g/mol. The number of phosphoric ester groups is 1. The van der Waals surface area contributed by atoms with E-state index >= 15 is 0 Å². The van der Waals surface area contributed by atoms with E-state index in [-0.39, 0.29) is 32.1 Å². The van der Waals surface area contributed by atoms with Crippen LogP contribution in [0.5, 0.6) is 0 Å². The highest BCUT2D eigenvalue weighted by molar-refractivity contribution is 7.47. The Morgan fingerprint density at radius 2 is 0.885 bits per heavy atom. The van der Waals surface area contributed by atoms with Crippen LogP contribution in [0.2, 0.25) is 0 Å². The third-order valence-electron chi connectivity index (χ3n) is 11.4. The van der Waals surface area contributed by atoms with Crippen LogP contribution in [-0.2, 0) is 27.9 Å². The fourth-order valence-corrected chi connectivity index (χ4v) is 8.23. The topological polar surface area (TPSA) is 131 Å². The van der Waals surface area contributed by atoms with E-state index in [9.17, 15) is 24.2 Å². The first-order valence-corrected chi connectivity index (χ1v) is 27.3. The molecule has 0 aromatic heterocycles. The highest BCUT2D eigenvalue weighted by atomic mass is 31.2. The minimum atomic E-state index is -4.42. The van der Waals surface area contributed by atoms with Crippen LogP contribution in [0.4, 0.5) is 0 Å². The van der Waals surface area contributed by atoms with Crippen LogP contribution >= 0.6 is 7.82 Å². The number of amides is 1. The summed E-state index contributed by atoms with van der Waals surface area (Å²) in [6.07, 6.45) is 54.1. The van der Waals surface area contributed by atoms with Gasteiger partial charge in [-0.1, -0.05) is 224 Å². The first kappa shape index (κ1) is 59.5. The number of unbranched alkanes of at least 4 members (excludes halogenated alkanes) is 32. The van der Waals surface area contributed by atoms with Crippen LogP contribution in [0.25, 0.3) is 0 Å². The summed E-state index contributed by atoms with van der Waals surface area (Å²) in [6, 6.07) is 0. The fourth-order valence-electron chi connectivity index (χ4n) is 7.47. The van der Waals surface area contributed by atoms with E-state index in [1.165, 1.54) is 167 Å². The first-order chi connectivity index (χ1) is 29.8. The maximum Gasteiger partial charge on any atom is 0.472 e. The normalized spacial score (nSPS) is 13.3. The van der Waals surface area contributed by atoms with Gasteiger partial charge in [-0.3, -0.25) is 18.6 Å². The van der Waals surface area contributed by atoms with Gasteiger partial charge in [0.1, 0.15) is 12.7 Å². The van der Waals surface area contributed by atoms with Crippen molar-refractivity contribution in [3.05, 3.63) is 24.3 Å². The number of esters is 1. The number of phosphoric acid groups is 1. The van der Waals surface area contributed by atoms with E-state index in [1.54, 1.807) is 0 Å². The van der Waals surface area contributed by atoms with E-state index in [1.807, 2.05) is 0 Å². The lowest BCUT2D eigenvalue weighted by atomic mass is 10.0. The molecule has 0 bridgehead atoms. The molecule has 360 valence electrons. The van der Waals surface area contributed by atoms with Gasteiger partial charge in [0.05, 0.1) is 13.2 Å². The lowest BCUT2D eigenvalue weighted by Crippen LogP contribution is -2.27. The molecule has 0 fully saturated rings. The minimum absolute atomic E-state index is 0.0839. The van der Waals surface area contributed by atoms with Crippen LogP contribution < -0.4 is 5.32 Å². The molecule has 0 rings (SSSR count). The molecule has 0 radical (unpaired) electrons. The van der Waals surface area contributed by atoms with Crippen LogP contribution in [0, 0.1) is 0 Å². The molecule has 2 unspecified atom stereocenters. The number of hydrogen-bond acceptors (Lipinski definition) is 7. The smallest absolute Gasteiger partial charge is 0.463 e. The number of aliphatic hydroxyl groups is 1. The van der Waals surface area contributed by atoms with Gasteiger partial charge >= 0.3 is 13.8 Å². The summed E-state index contributed by atoms with van der Waals surface area (Å²) in [4.78, 5) is 34.0. The zero-order valence-corrected chi connectivity index (χ0v) is 40.8. The Morgan fingerprint density at radius 1 is 0.508 bits per heavy atom. The number of carbonyl (C=O) groups is 2. The molecule has 0 heterocycles. The zero-order chi connectivity index (χ0) is 44.6. The van der Waals surface area contributed by atoms with Crippen molar-refractivity contribution in [1.29, 1.82) is 0 Å². The van der Waals surface area contributed by atoms with Gasteiger partial charge in [0.25, 0.3) is 0 Å². The highest BCUT2D eigenvalue weighted by Gasteiger charge is 2.23. The molecule has 0 aliphatic heterocycles. The van der Waals surface area contributed by atoms with Gasteiger partial charge in [0.2, 0.25) is 5.91 Å². The number of nitrogens with one attached hydrogen (secondary N) is 1. The third kappa shape index (κ3) is 49.4. The van der Waals surface area contributed by atoms with Crippen molar-refractivity contribution in [2.45, 2.75) is 264 Å². The van der Waals surface area contributed by atoms with Crippen LogP contribution in [0.1, 0.15) is 258 Å². The standard InChI is InChI=1S/C51H98NO8P/c1-3-5-7-9-11-13-15-17-19-21-22-23-24-25-26-27-28-29-31-33-35-37-39-41-43-50(54)52-45-46-59-61(56,57)60-48-49(53)47-58-51(55)44-42-40-38-36-34-32-30-20-18-16-14-12-10-8-6-4-2/h14,16,20,30,49,53H,3-13,15,17-19,21-29,31-48H2,1-2H3,(H,52,54)(H,56,57)/b16-14-,30-20-. The molecule has 0 saturated heterocycles. The van der Waals surface area contributed by atoms with E-state index in [4.69, 9.17) is 13.8 Å². The molecule has 1 amide bonds. The van der Waals surface area contributed by atoms with Gasteiger partial charge in [0.15, 0.2) is 0 Å². The Morgan fingerprint density at radius 3 is 1.33 bits per heavy atom. The fraction of sp³-hybridized carbons (Fsp3) is 0.882. The molecule has 2 atom stereocenters. The largest absolute Gasteiger partial charge is 0.472 e. The average molecular weight is 884 g/mol. The zero-order valence-electron chi connectivity index (χ0n) is 39.9. The van der Waals surface area contributed by atoms with Gasteiger partial charge in [-0.25, -0.2) is 4.57 Å². The van der Waals surface area contributed by atoms with Crippen LogP contribution in [0.15, 0.2) is 24.3 Å². The number of allylic oxidation sites excluding steroid dienone is 4. The summed E-state index contributed by atoms with van der Waals surface area (Å²) < 4.78 is 27.0. The van der Waals surface area contributed by atoms with Gasteiger partial charge in [-0.2, -0.15) is 0 Å². The SMILES string of the molecule is CCCCCC/C=C\C/C=C\CCCCCCCC(=O)OCC(O)COP(=O)(O)OCCNC(=O)CCCCCCCCCCCCCCCCCCCCCCCCCC. The van der Waals surface area contributed by atoms with E-state index in [0.29, 0.717) is 6.42 Å². The molecule has 61 heavy (non-hydrogen) atoms. The number of carbonyl (C=O) groups excluding carboxylic acids is 2. The van der Waals surface area contributed by atoms with Crippen molar-refractivity contribution >= 4 is 19.7 Å². The molecule has 0 aromatic rings. The maximum absolute atomic E-state index is 12.1. The summed E-state index contributed by atoms with van der Waals surface area (Å²) in [7, 11) is -4.42. The Kier molecular flexibility index (Phi) is 46.8. The summed E-state index contributed by atoms with van der Waals surface area (Å²) >= 11 is 0. The third-order valence-corrected chi connectivity index (χ3v) is 12.4. The van der Waals surface area contributed by atoms with Crippen LogP contribution in [-0.4, -0.2) is 54.3 Å². The molecule has 0 aliphatic rings. The van der Waals surface area contributed by atoms with Crippen LogP contribution in [0.3, 0.4) is 0 Å². The summed E-state index contributed by atoms with van der Waals surface area (Å²) in [5.41, 5.74) is 0. The van der Waals surface area contributed by atoms with Gasteiger partial charge in [-0.15, -0.1) is 0 Å². The van der Waals surface area contributed by atoms with Gasteiger partial charge in [-0.05, 0) is 44.9 Å².